The highest BCUT2D eigenvalue weighted by molar-refractivity contribution is 5.99. The molecule has 106 valence electrons. The van der Waals surface area contributed by atoms with Crippen LogP contribution in [0.3, 0.4) is 0 Å². The molecule has 0 aliphatic carbocycles. The molecular formula is C15H12FN3O2. The molecule has 0 atom stereocenters. The number of para-hydroxylation sites is 1. The van der Waals surface area contributed by atoms with Gasteiger partial charge in [-0.05, 0) is 30.3 Å². The molecule has 21 heavy (non-hydrogen) atoms. The Bertz CT molecular complexity index is 738. The third-order valence-electron chi connectivity index (χ3n) is 2.86. The summed E-state index contributed by atoms with van der Waals surface area (Å²) in [6, 6.07) is 10.5. The fourth-order valence-corrected chi connectivity index (χ4v) is 1.82. The number of nitrogens with two attached hydrogens (primary N) is 1. The molecule has 2 aromatic carbocycles. The van der Waals surface area contributed by atoms with E-state index in [0.29, 0.717) is 17.1 Å². The first-order chi connectivity index (χ1) is 10.1. The van der Waals surface area contributed by atoms with Crippen molar-refractivity contribution >= 4 is 23.0 Å². The number of carbonyl (C=O) groups is 1. The fourth-order valence-electron chi connectivity index (χ4n) is 1.82. The molecule has 6 heteroatoms. The molecule has 0 aromatic heterocycles. The summed E-state index contributed by atoms with van der Waals surface area (Å²) < 4.78 is 18.0. The third kappa shape index (κ3) is 2.92. The van der Waals surface area contributed by atoms with Crippen molar-refractivity contribution in [3.05, 3.63) is 53.3 Å². The zero-order valence-corrected chi connectivity index (χ0v) is 11.2. The number of ether oxygens (including phenoxy) is 1. The van der Waals surface area contributed by atoms with E-state index in [-0.39, 0.29) is 11.1 Å². The number of benzene rings is 2. The number of nitrogen functional groups attached to an aromatic ring is 1. The van der Waals surface area contributed by atoms with E-state index in [1.807, 2.05) is 0 Å². The Balaban J connectivity index is 2.45. The molecule has 3 N–H and O–H groups in total. The average Bonchev–Trinajstić information content (AvgIpc) is 2.50. The lowest BCUT2D eigenvalue weighted by Gasteiger charge is -2.13. The number of nitrogens with zero attached hydrogens (tertiary/aromatic N) is 1. The topological polar surface area (TPSA) is 88.1 Å². The van der Waals surface area contributed by atoms with Crippen LogP contribution >= 0.6 is 0 Å². The highest BCUT2D eigenvalue weighted by Crippen LogP contribution is 2.28. The SMILES string of the molecule is COC(=O)c1cccc(N)c1Nc1ccc(F)c(C#N)c1. The summed E-state index contributed by atoms with van der Waals surface area (Å²) in [5.41, 5.74) is 7.12. The van der Waals surface area contributed by atoms with Gasteiger partial charge in [0.2, 0.25) is 0 Å². The summed E-state index contributed by atoms with van der Waals surface area (Å²) in [5.74, 6) is -1.16. The van der Waals surface area contributed by atoms with Crippen molar-refractivity contribution in [1.82, 2.24) is 0 Å². The van der Waals surface area contributed by atoms with Gasteiger partial charge in [-0.15, -0.1) is 0 Å². The Morgan fingerprint density at radius 1 is 1.38 bits per heavy atom. The lowest BCUT2D eigenvalue weighted by atomic mass is 10.1. The number of hydrogen-bond acceptors (Lipinski definition) is 5. The van der Waals surface area contributed by atoms with Crippen LogP contribution in [-0.4, -0.2) is 13.1 Å². The van der Waals surface area contributed by atoms with Gasteiger partial charge in [-0.25, -0.2) is 9.18 Å². The van der Waals surface area contributed by atoms with Gasteiger partial charge < -0.3 is 15.8 Å². The number of rotatable bonds is 3. The van der Waals surface area contributed by atoms with Gasteiger partial charge in [-0.1, -0.05) is 6.07 Å². The van der Waals surface area contributed by atoms with Crippen LogP contribution in [0, 0.1) is 17.1 Å². The van der Waals surface area contributed by atoms with E-state index in [4.69, 9.17) is 11.0 Å². The van der Waals surface area contributed by atoms with Crippen molar-refractivity contribution in [2.45, 2.75) is 0 Å². The Labute approximate surface area is 120 Å². The molecule has 0 radical (unpaired) electrons. The van der Waals surface area contributed by atoms with Crippen molar-refractivity contribution in [2.24, 2.45) is 0 Å². The van der Waals surface area contributed by atoms with E-state index >= 15 is 0 Å². The van der Waals surface area contributed by atoms with Crippen molar-refractivity contribution in [3.63, 3.8) is 0 Å². The van der Waals surface area contributed by atoms with Crippen LogP contribution in [0.5, 0.6) is 0 Å². The predicted molar refractivity (Wildman–Crippen MR) is 76.6 cm³/mol. The van der Waals surface area contributed by atoms with Crippen molar-refractivity contribution < 1.29 is 13.9 Å². The van der Waals surface area contributed by atoms with Crippen LogP contribution in [-0.2, 0) is 4.74 Å². The van der Waals surface area contributed by atoms with E-state index in [0.717, 1.165) is 6.07 Å². The minimum Gasteiger partial charge on any atom is -0.465 e. The van der Waals surface area contributed by atoms with Gasteiger partial charge in [-0.3, -0.25) is 0 Å². The molecule has 0 saturated heterocycles. The molecule has 5 nitrogen and oxygen atoms in total. The monoisotopic (exact) mass is 285 g/mol. The molecule has 2 rings (SSSR count). The average molecular weight is 285 g/mol. The number of anilines is 3. The molecular weight excluding hydrogens is 273 g/mol. The van der Waals surface area contributed by atoms with Gasteiger partial charge >= 0.3 is 5.97 Å². The number of halogens is 1. The van der Waals surface area contributed by atoms with Crippen molar-refractivity contribution in [2.75, 3.05) is 18.2 Å². The van der Waals surface area contributed by atoms with E-state index in [1.165, 1.54) is 19.2 Å². The number of nitriles is 1. The molecule has 0 saturated carbocycles. The molecule has 0 amide bonds. The quantitative estimate of drug-likeness (QED) is 0.668. The maximum atomic E-state index is 13.3. The Kier molecular flexibility index (Phi) is 4.05. The third-order valence-corrected chi connectivity index (χ3v) is 2.86. The zero-order valence-electron chi connectivity index (χ0n) is 11.2. The Hall–Kier alpha value is -3.07. The van der Waals surface area contributed by atoms with Gasteiger partial charge in [0, 0.05) is 5.69 Å². The van der Waals surface area contributed by atoms with E-state index in [9.17, 15) is 9.18 Å². The van der Waals surface area contributed by atoms with Gasteiger partial charge in [-0.2, -0.15) is 5.26 Å². The van der Waals surface area contributed by atoms with Crippen LogP contribution in [0.4, 0.5) is 21.5 Å². The predicted octanol–water partition coefficient (Wildman–Crippen LogP) is 2.81. The summed E-state index contributed by atoms with van der Waals surface area (Å²) in [6.45, 7) is 0. The minimum absolute atomic E-state index is 0.103. The fraction of sp³-hybridized carbons (Fsp3) is 0.0667. The maximum absolute atomic E-state index is 13.3. The summed E-state index contributed by atoms with van der Waals surface area (Å²) in [4.78, 5) is 11.7. The van der Waals surface area contributed by atoms with Crippen LogP contribution < -0.4 is 11.1 Å². The smallest absolute Gasteiger partial charge is 0.340 e. The van der Waals surface area contributed by atoms with E-state index in [1.54, 1.807) is 24.3 Å². The van der Waals surface area contributed by atoms with Gasteiger partial charge in [0.1, 0.15) is 11.9 Å². The summed E-state index contributed by atoms with van der Waals surface area (Å²) >= 11 is 0. The highest BCUT2D eigenvalue weighted by Gasteiger charge is 2.14. The second-order valence-corrected chi connectivity index (χ2v) is 4.19. The Morgan fingerprint density at radius 2 is 2.14 bits per heavy atom. The van der Waals surface area contributed by atoms with Crippen molar-refractivity contribution in [1.29, 1.82) is 5.26 Å². The zero-order chi connectivity index (χ0) is 15.4. The van der Waals surface area contributed by atoms with Gasteiger partial charge in [0.05, 0.1) is 29.6 Å². The normalized spacial score (nSPS) is 9.76. The van der Waals surface area contributed by atoms with Crippen molar-refractivity contribution in [3.8, 4) is 6.07 Å². The standard InChI is InChI=1S/C15H12FN3O2/c1-21-15(20)11-3-2-4-13(18)14(11)19-10-5-6-12(16)9(7-10)8-17/h2-7,19H,18H2,1H3. The van der Waals surface area contributed by atoms with E-state index < -0.39 is 11.8 Å². The minimum atomic E-state index is -0.614. The molecule has 0 bridgehead atoms. The number of carbonyl (C=O) groups excluding carboxylic acids is 1. The van der Waals surface area contributed by atoms with Gasteiger partial charge in [0.15, 0.2) is 0 Å². The first kappa shape index (κ1) is 14.3. The lowest BCUT2D eigenvalue weighted by Crippen LogP contribution is -2.08. The lowest BCUT2D eigenvalue weighted by molar-refractivity contribution is 0.0602. The molecule has 0 aliphatic heterocycles. The van der Waals surface area contributed by atoms with Crippen LogP contribution in [0.15, 0.2) is 36.4 Å². The Morgan fingerprint density at radius 3 is 2.81 bits per heavy atom. The number of methoxy groups -OCH3 is 1. The van der Waals surface area contributed by atoms with Crippen LogP contribution in [0.25, 0.3) is 0 Å². The first-order valence-corrected chi connectivity index (χ1v) is 6.00. The molecule has 0 spiro atoms. The number of hydrogen-bond donors (Lipinski definition) is 2. The van der Waals surface area contributed by atoms with E-state index in [2.05, 4.69) is 10.1 Å². The second-order valence-electron chi connectivity index (χ2n) is 4.19. The number of nitrogens with one attached hydrogen (secondary N) is 1. The molecule has 0 aliphatic rings. The summed E-state index contributed by atoms with van der Waals surface area (Å²) in [5, 5.41) is 11.7. The van der Waals surface area contributed by atoms with Gasteiger partial charge in [0.25, 0.3) is 0 Å². The molecule has 2 aromatic rings. The summed E-state index contributed by atoms with van der Waals surface area (Å²) in [6.07, 6.45) is 0. The van der Waals surface area contributed by atoms with Crippen LogP contribution in [0.2, 0.25) is 0 Å². The maximum Gasteiger partial charge on any atom is 0.340 e. The largest absolute Gasteiger partial charge is 0.465 e. The van der Waals surface area contributed by atoms with Crippen LogP contribution in [0.1, 0.15) is 15.9 Å². The first-order valence-electron chi connectivity index (χ1n) is 6.00. The molecule has 0 fully saturated rings. The number of esters is 1. The molecule has 0 heterocycles. The molecule has 0 unspecified atom stereocenters. The summed E-state index contributed by atoms with van der Waals surface area (Å²) in [7, 11) is 1.26. The second kappa shape index (κ2) is 5.92. The highest BCUT2D eigenvalue weighted by atomic mass is 19.1.